The van der Waals surface area contributed by atoms with E-state index in [1.165, 1.54) is 12.8 Å². The Balaban J connectivity index is 1.94. The molecular formula is C16H18N2O. The molecule has 98 valence electrons. The molecule has 1 aliphatic heterocycles. The van der Waals surface area contributed by atoms with Crippen molar-refractivity contribution in [3.05, 3.63) is 36.5 Å². The van der Waals surface area contributed by atoms with Crippen molar-refractivity contribution in [2.24, 2.45) is 0 Å². The maximum atomic E-state index is 12.2. The average molecular weight is 254 g/mol. The van der Waals surface area contributed by atoms with Crippen LogP contribution in [0.4, 0.5) is 5.69 Å². The van der Waals surface area contributed by atoms with Crippen molar-refractivity contribution < 1.29 is 4.79 Å². The molecule has 3 rings (SSSR count). The van der Waals surface area contributed by atoms with Crippen molar-refractivity contribution in [2.75, 3.05) is 11.4 Å². The highest BCUT2D eigenvalue weighted by atomic mass is 16.2. The maximum absolute atomic E-state index is 12.2. The summed E-state index contributed by atoms with van der Waals surface area (Å²) in [5.74, 6) is 0.233. The zero-order chi connectivity index (χ0) is 13.1. The van der Waals surface area contributed by atoms with E-state index in [0.29, 0.717) is 6.42 Å². The number of carbonyl (C=O) groups excluding carboxylic acids is 1. The maximum Gasteiger partial charge on any atom is 0.227 e. The van der Waals surface area contributed by atoms with E-state index >= 15 is 0 Å². The number of fused-ring (bicyclic) bond motifs is 1. The van der Waals surface area contributed by atoms with Crippen LogP contribution in [-0.4, -0.2) is 17.4 Å². The third kappa shape index (κ3) is 2.60. The zero-order valence-corrected chi connectivity index (χ0v) is 11.0. The highest BCUT2D eigenvalue weighted by Crippen LogP contribution is 2.23. The molecule has 3 nitrogen and oxygen atoms in total. The molecule has 19 heavy (non-hydrogen) atoms. The van der Waals surface area contributed by atoms with Crippen LogP contribution in [-0.2, 0) is 4.79 Å². The first-order valence-corrected chi connectivity index (χ1v) is 7.00. The van der Waals surface area contributed by atoms with Crippen LogP contribution >= 0.6 is 0 Å². The van der Waals surface area contributed by atoms with Gasteiger partial charge in [0.05, 0.1) is 17.4 Å². The Labute approximate surface area is 113 Å². The van der Waals surface area contributed by atoms with Gasteiger partial charge in [0.25, 0.3) is 0 Å². The Bertz CT molecular complexity index is 594. The minimum absolute atomic E-state index is 0.233. The van der Waals surface area contributed by atoms with Crippen LogP contribution in [0.3, 0.4) is 0 Å². The predicted molar refractivity (Wildman–Crippen MR) is 77.2 cm³/mol. The molecule has 1 aromatic heterocycles. The second-order valence-electron chi connectivity index (χ2n) is 5.10. The van der Waals surface area contributed by atoms with Crippen molar-refractivity contribution >= 4 is 22.5 Å². The summed E-state index contributed by atoms with van der Waals surface area (Å²) < 4.78 is 0. The van der Waals surface area contributed by atoms with Crippen LogP contribution in [0.25, 0.3) is 10.9 Å². The fraction of sp³-hybridized carbons (Fsp3) is 0.375. The molecule has 0 atom stereocenters. The van der Waals surface area contributed by atoms with Crippen LogP contribution in [0.1, 0.15) is 32.1 Å². The first-order chi connectivity index (χ1) is 9.34. The number of aromatic nitrogens is 1. The highest BCUT2D eigenvalue weighted by molar-refractivity contribution is 5.95. The van der Waals surface area contributed by atoms with E-state index in [1.807, 2.05) is 35.4 Å². The summed E-state index contributed by atoms with van der Waals surface area (Å²) >= 11 is 0. The molecule has 3 heteroatoms. The van der Waals surface area contributed by atoms with Gasteiger partial charge in [0.2, 0.25) is 5.91 Å². The number of carbonyl (C=O) groups is 1. The molecule has 1 aliphatic rings. The number of amides is 1. The van der Waals surface area contributed by atoms with Crippen molar-refractivity contribution in [3.63, 3.8) is 0 Å². The molecule has 0 unspecified atom stereocenters. The van der Waals surface area contributed by atoms with E-state index in [2.05, 4.69) is 11.1 Å². The number of nitrogens with zero attached hydrogens (tertiary/aromatic N) is 2. The van der Waals surface area contributed by atoms with E-state index in [4.69, 9.17) is 0 Å². The molecule has 1 saturated heterocycles. The lowest BCUT2D eigenvalue weighted by Gasteiger charge is -2.24. The Kier molecular flexibility index (Phi) is 3.45. The van der Waals surface area contributed by atoms with E-state index in [0.717, 1.165) is 36.0 Å². The molecule has 1 amide bonds. The van der Waals surface area contributed by atoms with Gasteiger partial charge in [-0.15, -0.1) is 0 Å². The van der Waals surface area contributed by atoms with E-state index in [1.54, 1.807) is 0 Å². The van der Waals surface area contributed by atoms with Crippen molar-refractivity contribution in [2.45, 2.75) is 32.1 Å². The second-order valence-corrected chi connectivity index (χ2v) is 5.10. The Hall–Kier alpha value is -1.90. The number of benzene rings is 1. The SMILES string of the molecule is O=C1CCCCCCN1c1cnc2ccccc2c1. The predicted octanol–water partition coefficient (Wildman–Crippen LogP) is 3.53. The number of hydrogen-bond donors (Lipinski definition) is 0. The smallest absolute Gasteiger partial charge is 0.227 e. The largest absolute Gasteiger partial charge is 0.311 e. The summed E-state index contributed by atoms with van der Waals surface area (Å²) in [6, 6.07) is 10.1. The third-order valence-corrected chi connectivity index (χ3v) is 3.71. The van der Waals surface area contributed by atoms with Gasteiger partial charge in [0, 0.05) is 18.4 Å². The minimum atomic E-state index is 0.233. The molecule has 1 fully saturated rings. The lowest BCUT2D eigenvalue weighted by atomic mass is 10.1. The normalized spacial score (nSPS) is 17.3. The standard InChI is InChI=1S/C16H18N2O/c19-16-9-3-1-2-6-10-18(16)14-11-13-7-4-5-8-15(13)17-12-14/h4-5,7-8,11-12H,1-3,6,9-10H2. The van der Waals surface area contributed by atoms with Crippen molar-refractivity contribution in [1.29, 1.82) is 0 Å². The van der Waals surface area contributed by atoms with Gasteiger partial charge in [-0.3, -0.25) is 9.78 Å². The Morgan fingerprint density at radius 2 is 1.89 bits per heavy atom. The number of para-hydroxylation sites is 1. The molecule has 0 N–H and O–H groups in total. The van der Waals surface area contributed by atoms with Gasteiger partial charge in [-0.25, -0.2) is 0 Å². The summed E-state index contributed by atoms with van der Waals surface area (Å²) in [4.78, 5) is 18.6. The van der Waals surface area contributed by atoms with Gasteiger partial charge in [-0.1, -0.05) is 31.0 Å². The van der Waals surface area contributed by atoms with Crippen molar-refractivity contribution in [3.8, 4) is 0 Å². The highest BCUT2D eigenvalue weighted by Gasteiger charge is 2.17. The number of anilines is 1. The molecule has 0 aliphatic carbocycles. The first kappa shape index (κ1) is 12.2. The minimum Gasteiger partial charge on any atom is -0.311 e. The monoisotopic (exact) mass is 254 g/mol. The molecule has 0 bridgehead atoms. The topological polar surface area (TPSA) is 33.2 Å². The number of pyridine rings is 1. The summed E-state index contributed by atoms with van der Waals surface area (Å²) in [5, 5.41) is 1.09. The summed E-state index contributed by atoms with van der Waals surface area (Å²) in [6.45, 7) is 0.818. The molecular weight excluding hydrogens is 236 g/mol. The molecule has 0 saturated carbocycles. The summed E-state index contributed by atoms with van der Waals surface area (Å²) in [6.07, 6.45) is 6.96. The quantitative estimate of drug-likeness (QED) is 0.780. The van der Waals surface area contributed by atoms with Crippen LogP contribution in [0.5, 0.6) is 0 Å². The number of rotatable bonds is 1. The fourth-order valence-corrected chi connectivity index (χ4v) is 2.64. The van der Waals surface area contributed by atoms with Gasteiger partial charge in [0.15, 0.2) is 0 Å². The van der Waals surface area contributed by atoms with Crippen LogP contribution in [0.15, 0.2) is 36.5 Å². The second kappa shape index (κ2) is 5.39. The van der Waals surface area contributed by atoms with E-state index < -0.39 is 0 Å². The Morgan fingerprint density at radius 1 is 1.05 bits per heavy atom. The van der Waals surface area contributed by atoms with Gasteiger partial charge < -0.3 is 4.90 Å². The van der Waals surface area contributed by atoms with Crippen LogP contribution in [0.2, 0.25) is 0 Å². The lowest BCUT2D eigenvalue weighted by molar-refractivity contribution is -0.118. The van der Waals surface area contributed by atoms with Gasteiger partial charge >= 0.3 is 0 Å². The molecule has 0 radical (unpaired) electrons. The molecule has 0 spiro atoms. The first-order valence-electron chi connectivity index (χ1n) is 7.00. The third-order valence-electron chi connectivity index (χ3n) is 3.71. The number of hydrogen-bond acceptors (Lipinski definition) is 2. The molecule has 2 aromatic rings. The van der Waals surface area contributed by atoms with Crippen LogP contribution < -0.4 is 4.90 Å². The van der Waals surface area contributed by atoms with E-state index in [9.17, 15) is 4.79 Å². The molecule has 2 heterocycles. The fourth-order valence-electron chi connectivity index (χ4n) is 2.64. The zero-order valence-electron chi connectivity index (χ0n) is 11.0. The van der Waals surface area contributed by atoms with Gasteiger partial charge in [0.1, 0.15) is 0 Å². The Morgan fingerprint density at radius 3 is 2.84 bits per heavy atom. The van der Waals surface area contributed by atoms with E-state index in [-0.39, 0.29) is 5.91 Å². The van der Waals surface area contributed by atoms with Crippen molar-refractivity contribution in [1.82, 2.24) is 4.98 Å². The summed E-state index contributed by atoms with van der Waals surface area (Å²) in [7, 11) is 0. The lowest BCUT2D eigenvalue weighted by Crippen LogP contribution is -2.32. The summed E-state index contributed by atoms with van der Waals surface area (Å²) in [5.41, 5.74) is 1.91. The van der Waals surface area contributed by atoms with Gasteiger partial charge in [-0.05, 0) is 25.0 Å². The van der Waals surface area contributed by atoms with Crippen LogP contribution in [0, 0.1) is 0 Å². The average Bonchev–Trinajstić information content (AvgIpc) is 2.43. The van der Waals surface area contributed by atoms with Gasteiger partial charge in [-0.2, -0.15) is 0 Å². The molecule has 1 aromatic carbocycles.